The molecule has 0 amide bonds. The summed E-state index contributed by atoms with van der Waals surface area (Å²) in [6, 6.07) is 6.33. The summed E-state index contributed by atoms with van der Waals surface area (Å²) in [5.41, 5.74) is 0.961. The molecule has 0 aliphatic carbocycles. The molecule has 0 spiro atoms. The van der Waals surface area contributed by atoms with E-state index < -0.39 is 6.10 Å². The number of halogens is 1. The Labute approximate surface area is 108 Å². The lowest BCUT2D eigenvalue weighted by Gasteiger charge is -2.24. The molecule has 1 fully saturated rings. The van der Waals surface area contributed by atoms with E-state index in [1.807, 2.05) is 13.8 Å². The average Bonchev–Trinajstić information content (AvgIpc) is 2.56. The van der Waals surface area contributed by atoms with Crippen molar-refractivity contribution in [1.29, 1.82) is 0 Å². The number of aliphatic hydroxyl groups is 1. The molecule has 2 rings (SSSR count). The van der Waals surface area contributed by atoms with Gasteiger partial charge in [-0.15, -0.1) is 0 Å². The highest BCUT2D eigenvalue weighted by molar-refractivity contribution is 5.17. The van der Waals surface area contributed by atoms with Crippen molar-refractivity contribution >= 4 is 0 Å². The summed E-state index contributed by atoms with van der Waals surface area (Å²) in [6.45, 7) is 6.18. The van der Waals surface area contributed by atoms with Crippen molar-refractivity contribution in [2.75, 3.05) is 0 Å². The molecule has 2 nitrogen and oxygen atoms in total. The molecule has 18 heavy (non-hydrogen) atoms. The van der Waals surface area contributed by atoms with E-state index in [-0.39, 0.29) is 23.9 Å². The van der Waals surface area contributed by atoms with Crippen LogP contribution in [-0.4, -0.2) is 23.4 Å². The van der Waals surface area contributed by atoms with E-state index in [4.69, 9.17) is 4.74 Å². The minimum Gasteiger partial charge on any atom is -0.392 e. The summed E-state index contributed by atoms with van der Waals surface area (Å²) >= 11 is 0. The zero-order valence-electron chi connectivity index (χ0n) is 11.1. The van der Waals surface area contributed by atoms with E-state index in [0.29, 0.717) is 12.3 Å². The lowest BCUT2D eigenvalue weighted by Crippen LogP contribution is -2.32. The second-order valence-electron chi connectivity index (χ2n) is 5.38. The van der Waals surface area contributed by atoms with Crippen LogP contribution in [0.2, 0.25) is 0 Å². The summed E-state index contributed by atoms with van der Waals surface area (Å²) in [5.74, 6) is 0.244. The summed E-state index contributed by atoms with van der Waals surface area (Å²) < 4.78 is 18.6. The first-order valence-electron chi connectivity index (χ1n) is 6.57. The van der Waals surface area contributed by atoms with Crippen molar-refractivity contribution in [2.24, 2.45) is 11.8 Å². The van der Waals surface area contributed by atoms with Crippen LogP contribution in [-0.2, 0) is 11.2 Å². The van der Waals surface area contributed by atoms with Gasteiger partial charge in [0.2, 0.25) is 0 Å². The van der Waals surface area contributed by atoms with Gasteiger partial charge >= 0.3 is 0 Å². The predicted molar refractivity (Wildman–Crippen MR) is 68.8 cm³/mol. The molecule has 0 saturated carbocycles. The van der Waals surface area contributed by atoms with Crippen LogP contribution in [0.3, 0.4) is 0 Å². The Morgan fingerprint density at radius 3 is 2.28 bits per heavy atom. The molecule has 1 aliphatic rings. The molecule has 0 bridgehead atoms. The number of hydrogen-bond acceptors (Lipinski definition) is 2. The van der Waals surface area contributed by atoms with Crippen molar-refractivity contribution in [1.82, 2.24) is 0 Å². The summed E-state index contributed by atoms with van der Waals surface area (Å²) in [5, 5.41) is 10.4. The van der Waals surface area contributed by atoms with Gasteiger partial charge in [-0.1, -0.05) is 19.1 Å². The van der Waals surface area contributed by atoms with Crippen molar-refractivity contribution in [3.05, 3.63) is 35.6 Å². The number of rotatable bonds is 3. The van der Waals surface area contributed by atoms with E-state index in [2.05, 4.69) is 6.92 Å². The summed E-state index contributed by atoms with van der Waals surface area (Å²) in [7, 11) is 0. The fourth-order valence-electron chi connectivity index (χ4n) is 2.95. The number of hydrogen-bond donors (Lipinski definition) is 1. The van der Waals surface area contributed by atoms with Crippen LogP contribution in [0.5, 0.6) is 0 Å². The van der Waals surface area contributed by atoms with E-state index in [1.54, 1.807) is 12.1 Å². The quantitative estimate of drug-likeness (QED) is 0.896. The molecular weight excluding hydrogens is 231 g/mol. The van der Waals surface area contributed by atoms with Gasteiger partial charge in [-0.05, 0) is 43.9 Å². The molecule has 1 N–H and O–H groups in total. The SMILES string of the molecule is CC1OC(C)C(C(O)Cc2ccc(F)cc2)C1C. The molecule has 5 atom stereocenters. The Hall–Kier alpha value is -0.930. The lowest BCUT2D eigenvalue weighted by atomic mass is 9.83. The molecule has 3 heteroatoms. The van der Waals surface area contributed by atoms with Gasteiger partial charge < -0.3 is 9.84 Å². The van der Waals surface area contributed by atoms with E-state index in [0.717, 1.165) is 5.56 Å². The first-order chi connectivity index (χ1) is 8.49. The minimum atomic E-state index is -0.439. The topological polar surface area (TPSA) is 29.5 Å². The Bertz CT molecular complexity index is 390. The summed E-state index contributed by atoms with van der Waals surface area (Å²) in [4.78, 5) is 0. The Balaban J connectivity index is 2.03. The summed E-state index contributed by atoms with van der Waals surface area (Å²) in [6.07, 6.45) is 0.374. The fraction of sp³-hybridized carbons (Fsp3) is 0.600. The highest BCUT2D eigenvalue weighted by atomic mass is 19.1. The molecule has 1 aliphatic heterocycles. The molecule has 0 aromatic heterocycles. The minimum absolute atomic E-state index is 0.0745. The van der Waals surface area contributed by atoms with E-state index in [9.17, 15) is 9.50 Å². The van der Waals surface area contributed by atoms with Gasteiger partial charge in [0, 0.05) is 5.92 Å². The van der Waals surface area contributed by atoms with Crippen LogP contribution in [0.15, 0.2) is 24.3 Å². The first-order valence-corrected chi connectivity index (χ1v) is 6.57. The third-order valence-corrected chi connectivity index (χ3v) is 4.12. The highest BCUT2D eigenvalue weighted by Gasteiger charge is 2.40. The third kappa shape index (κ3) is 2.73. The van der Waals surface area contributed by atoms with Crippen molar-refractivity contribution in [3.8, 4) is 0 Å². The zero-order valence-corrected chi connectivity index (χ0v) is 11.1. The van der Waals surface area contributed by atoms with Crippen molar-refractivity contribution in [3.63, 3.8) is 0 Å². The molecular formula is C15H21FO2. The molecule has 1 heterocycles. The van der Waals surface area contributed by atoms with Gasteiger partial charge in [-0.3, -0.25) is 0 Å². The van der Waals surface area contributed by atoms with Gasteiger partial charge in [-0.2, -0.15) is 0 Å². The Morgan fingerprint density at radius 2 is 1.78 bits per heavy atom. The molecule has 1 saturated heterocycles. The predicted octanol–water partition coefficient (Wildman–Crippen LogP) is 2.79. The first kappa shape index (κ1) is 13.5. The maximum atomic E-state index is 12.8. The highest BCUT2D eigenvalue weighted by Crippen LogP contribution is 2.35. The van der Waals surface area contributed by atoms with Gasteiger partial charge in [-0.25, -0.2) is 4.39 Å². The maximum absolute atomic E-state index is 12.8. The van der Waals surface area contributed by atoms with Crippen LogP contribution in [0, 0.1) is 17.7 Å². The second kappa shape index (κ2) is 5.37. The lowest BCUT2D eigenvalue weighted by molar-refractivity contribution is 0.0240. The van der Waals surface area contributed by atoms with Gasteiger partial charge in [0.05, 0.1) is 18.3 Å². The Morgan fingerprint density at radius 1 is 1.17 bits per heavy atom. The van der Waals surface area contributed by atoms with Gasteiger partial charge in [0.15, 0.2) is 0 Å². The molecule has 100 valence electrons. The van der Waals surface area contributed by atoms with E-state index in [1.165, 1.54) is 12.1 Å². The van der Waals surface area contributed by atoms with Crippen LogP contribution in [0.1, 0.15) is 26.3 Å². The molecule has 0 radical (unpaired) electrons. The van der Waals surface area contributed by atoms with E-state index >= 15 is 0 Å². The normalized spacial score (nSPS) is 33.6. The monoisotopic (exact) mass is 252 g/mol. The van der Waals surface area contributed by atoms with Crippen LogP contribution < -0.4 is 0 Å². The number of aliphatic hydroxyl groups excluding tert-OH is 1. The van der Waals surface area contributed by atoms with Crippen molar-refractivity contribution in [2.45, 2.75) is 45.5 Å². The zero-order chi connectivity index (χ0) is 13.3. The third-order valence-electron chi connectivity index (χ3n) is 4.12. The average molecular weight is 252 g/mol. The smallest absolute Gasteiger partial charge is 0.123 e. The number of benzene rings is 1. The van der Waals surface area contributed by atoms with Crippen molar-refractivity contribution < 1.29 is 14.2 Å². The van der Waals surface area contributed by atoms with Crippen LogP contribution in [0.25, 0.3) is 0 Å². The molecule has 1 aromatic carbocycles. The maximum Gasteiger partial charge on any atom is 0.123 e. The van der Waals surface area contributed by atoms with Gasteiger partial charge in [0.1, 0.15) is 5.82 Å². The molecule has 5 unspecified atom stereocenters. The van der Waals surface area contributed by atoms with Gasteiger partial charge in [0.25, 0.3) is 0 Å². The largest absolute Gasteiger partial charge is 0.392 e. The number of ether oxygens (including phenoxy) is 1. The van der Waals surface area contributed by atoms with Crippen LogP contribution in [0.4, 0.5) is 4.39 Å². The van der Waals surface area contributed by atoms with Crippen LogP contribution >= 0.6 is 0 Å². The fourth-order valence-corrected chi connectivity index (χ4v) is 2.95. The Kier molecular flexibility index (Phi) is 4.03. The standard InChI is InChI=1S/C15H21FO2/c1-9-10(2)18-11(3)15(9)14(17)8-12-4-6-13(16)7-5-12/h4-7,9-11,14-15,17H,8H2,1-3H3. The molecule has 1 aromatic rings. The second-order valence-corrected chi connectivity index (χ2v) is 5.38.